The van der Waals surface area contributed by atoms with Crippen LogP contribution < -0.4 is 0 Å². The van der Waals surface area contributed by atoms with E-state index in [-0.39, 0.29) is 5.92 Å². The molecule has 0 bridgehead atoms. The summed E-state index contributed by atoms with van der Waals surface area (Å²) >= 11 is 0. The van der Waals surface area contributed by atoms with E-state index in [1.54, 1.807) is 0 Å². The lowest BCUT2D eigenvalue weighted by molar-refractivity contribution is -0.195. The van der Waals surface area contributed by atoms with Crippen molar-refractivity contribution < 1.29 is 13.5 Å². The predicted molar refractivity (Wildman–Crippen MR) is 57.1 cm³/mol. The molecule has 0 spiro atoms. The Bertz CT molecular complexity index is 208. The molecule has 0 aromatic rings. The smallest absolute Gasteiger partial charge is 0.245 e. The van der Waals surface area contributed by atoms with Gasteiger partial charge in [-0.2, -0.15) is 0 Å². The molecular weight excluding hydrogens is 198 g/mol. The normalized spacial score (nSPS) is 37.6. The number of halogens is 2. The largest absolute Gasteiger partial charge is 0.381 e. The summed E-state index contributed by atoms with van der Waals surface area (Å²) in [5, 5.41) is 0. The molecule has 1 aliphatic rings. The minimum Gasteiger partial charge on any atom is -0.381 e. The fourth-order valence-corrected chi connectivity index (χ4v) is 3.02. The lowest BCUT2D eigenvalue weighted by Crippen LogP contribution is -2.54. The number of ether oxygens (including phenoxy) is 1. The SMILES string of the molecule is CCC1(C)COCCC1(C(C)C)C(F)F. The molecule has 2 atom stereocenters. The molecule has 90 valence electrons. The maximum Gasteiger partial charge on any atom is 0.245 e. The van der Waals surface area contributed by atoms with Crippen molar-refractivity contribution in [2.24, 2.45) is 16.7 Å². The van der Waals surface area contributed by atoms with E-state index in [2.05, 4.69) is 0 Å². The standard InChI is InChI=1S/C12H22F2O/c1-5-11(4)8-15-7-6-12(11,9(2)3)10(13)14/h9-10H,5-8H2,1-4H3. The van der Waals surface area contributed by atoms with Crippen LogP contribution in [0.5, 0.6) is 0 Å². The van der Waals surface area contributed by atoms with Crippen LogP contribution in [0.2, 0.25) is 0 Å². The second kappa shape index (κ2) is 4.36. The van der Waals surface area contributed by atoms with E-state index in [0.717, 1.165) is 6.42 Å². The number of hydrogen-bond acceptors (Lipinski definition) is 1. The molecule has 1 heterocycles. The van der Waals surface area contributed by atoms with E-state index in [9.17, 15) is 8.78 Å². The van der Waals surface area contributed by atoms with Gasteiger partial charge in [-0.05, 0) is 18.8 Å². The van der Waals surface area contributed by atoms with Crippen molar-refractivity contribution >= 4 is 0 Å². The fraction of sp³-hybridized carbons (Fsp3) is 1.00. The summed E-state index contributed by atoms with van der Waals surface area (Å²) < 4.78 is 32.3. The van der Waals surface area contributed by atoms with Crippen molar-refractivity contribution in [3.63, 3.8) is 0 Å². The van der Waals surface area contributed by atoms with Crippen molar-refractivity contribution in [1.29, 1.82) is 0 Å². The molecule has 0 N–H and O–H groups in total. The van der Waals surface area contributed by atoms with Crippen molar-refractivity contribution in [2.75, 3.05) is 13.2 Å². The third kappa shape index (κ3) is 1.79. The summed E-state index contributed by atoms with van der Waals surface area (Å²) in [6.07, 6.45) is -1.03. The number of rotatable bonds is 3. The summed E-state index contributed by atoms with van der Waals surface area (Å²) in [6, 6.07) is 0. The van der Waals surface area contributed by atoms with Crippen molar-refractivity contribution in [1.82, 2.24) is 0 Å². The maximum absolute atomic E-state index is 13.5. The Kier molecular flexibility index (Phi) is 3.75. The first-order valence-electron chi connectivity index (χ1n) is 5.76. The zero-order valence-electron chi connectivity index (χ0n) is 10.1. The zero-order chi connectivity index (χ0) is 11.7. The van der Waals surface area contributed by atoms with Gasteiger partial charge in [0, 0.05) is 17.4 Å². The third-order valence-corrected chi connectivity index (χ3v) is 4.40. The molecule has 0 saturated carbocycles. The molecule has 1 nitrogen and oxygen atoms in total. The molecule has 15 heavy (non-hydrogen) atoms. The Morgan fingerprint density at radius 2 is 1.93 bits per heavy atom. The van der Waals surface area contributed by atoms with Crippen LogP contribution >= 0.6 is 0 Å². The van der Waals surface area contributed by atoms with E-state index in [1.165, 1.54) is 0 Å². The van der Waals surface area contributed by atoms with Crippen molar-refractivity contribution in [3.8, 4) is 0 Å². The van der Waals surface area contributed by atoms with Crippen molar-refractivity contribution in [3.05, 3.63) is 0 Å². The van der Waals surface area contributed by atoms with Gasteiger partial charge in [-0.15, -0.1) is 0 Å². The van der Waals surface area contributed by atoms with Crippen molar-refractivity contribution in [2.45, 2.75) is 47.0 Å². The molecule has 1 rings (SSSR count). The molecule has 1 aliphatic heterocycles. The summed E-state index contributed by atoms with van der Waals surface area (Å²) in [4.78, 5) is 0. The quantitative estimate of drug-likeness (QED) is 0.704. The first-order chi connectivity index (χ1) is 6.90. The van der Waals surface area contributed by atoms with E-state index in [1.807, 2.05) is 27.7 Å². The van der Waals surface area contributed by atoms with Crippen LogP contribution in [-0.4, -0.2) is 19.6 Å². The minimum absolute atomic E-state index is 0.00801. The second-order valence-electron chi connectivity index (χ2n) is 5.21. The molecule has 1 fully saturated rings. The Hall–Kier alpha value is -0.180. The third-order valence-electron chi connectivity index (χ3n) is 4.40. The summed E-state index contributed by atoms with van der Waals surface area (Å²) in [5.74, 6) is -0.00801. The highest BCUT2D eigenvalue weighted by Crippen LogP contribution is 2.55. The monoisotopic (exact) mass is 220 g/mol. The second-order valence-corrected chi connectivity index (χ2v) is 5.21. The summed E-state index contributed by atoms with van der Waals surface area (Å²) in [5.41, 5.74) is -1.27. The Morgan fingerprint density at radius 3 is 2.27 bits per heavy atom. The molecule has 1 saturated heterocycles. The average Bonchev–Trinajstić information content (AvgIpc) is 2.17. The topological polar surface area (TPSA) is 9.23 Å². The molecule has 0 aliphatic carbocycles. The maximum atomic E-state index is 13.5. The van der Waals surface area contributed by atoms with Gasteiger partial charge in [-0.3, -0.25) is 0 Å². The van der Waals surface area contributed by atoms with Crippen LogP contribution in [0.25, 0.3) is 0 Å². The van der Waals surface area contributed by atoms with Gasteiger partial charge in [0.15, 0.2) is 0 Å². The van der Waals surface area contributed by atoms with Gasteiger partial charge in [0.1, 0.15) is 0 Å². The van der Waals surface area contributed by atoms with Crippen LogP contribution in [-0.2, 0) is 4.74 Å². The molecule has 2 unspecified atom stereocenters. The fourth-order valence-electron chi connectivity index (χ4n) is 3.02. The molecule has 0 radical (unpaired) electrons. The molecule has 0 amide bonds. The zero-order valence-corrected chi connectivity index (χ0v) is 10.1. The van der Waals surface area contributed by atoms with Gasteiger partial charge in [-0.25, -0.2) is 8.78 Å². The lowest BCUT2D eigenvalue weighted by atomic mass is 9.55. The highest BCUT2D eigenvalue weighted by Gasteiger charge is 2.56. The van der Waals surface area contributed by atoms with Gasteiger partial charge in [0.2, 0.25) is 6.43 Å². The molecule has 3 heteroatoms. The molecule has 0 aromatic heterocycles. The first kappa shape index (κ1) is 12.9. The highest BCUT2D eigenvalue weighted by atomic mass is 19.3. The Balaban J connectivity index is 3.11. The van der Waals surface area contributed by atoms with Crippen LogP contribution in [0.4, 0.5) is 8.78 Å². The van der Waals surface area contributed by atoms with E-state index in [4.69, 9.17) is 4.74 Å². The average molecular weight is 220 g/mol. The van der Waals surface area contributed by atoms with Crippen LogP contribution in [0.15, 0.2) is 0 Å². The highest BCUT2D eigenvalue weighted by molar-refractivity contribution is 5.00. The Labute approximate surface area is 91.2 Å². The van der Waals surface area contributed by atoms with Gasteiger partial charge in [-0.1, -0.05) is 27.7 Å². The van der Waals surface area contributed by atoms with Crippen LogP contribution in [0.1, 0.15) is 40.5 Å². The predicted octanol–water partition coefficient (Wildman–Crippen LogP) is 3.73. The van der Waals surface area contributed by atoms with Crippen LogP contribution in [0, 0.1) is 16.7 Å². The molecular formula is C12H22F2O. The Morgan fingerprint density at radius 1 is 1.33 bits per heavy atom. The van der Waals surface area contributed by atoms with Gasteiger partial charge in [0.05, 0.1) is 6.61 Å². The van der Waals surface area contributed by atoms with E-state index >= 15 is 0 Å². The lowest BCUT2D eigenvalue weighted by Gasteiger charge is -2.53. The van der Waals surface area contributed by atoms with Crippen LogP contribution in [0.3, 0.4) is 0 Å². The summed E-state index contributed by atoms with van der Waals surface area (Å²) in [7, 11) is 0. The van der Waals surface area contributed by atoms with Gasteiger partial charge in [0.25, 0.3) is 0 Å². The number of hydrogen-bond donors (Lipinski definition) is 0. The van der Waals surface area contributed by atoms with E-state index < -0.39 is 17.3 Å². The number of alkyl halides is 2. The van der Waals surface area contributed by atoms with Gasteiger partial charge >= 0.3 is 0 Å². The first-order valence-corrected chi connectivity index (χ1v) is 5.76. The summed E-state index contributed by atoms with van der Waals surface area (Å²) in [6.45, 7) is 8.67. The molecule has 0 aromatic carbocycles. The minimum atomic E-state index is -2.26. The van der Waals surface area contributed by atoms with E-state index in [0.29, 0.717) is 19.6 Å². The van der Waals surface area contributed by atoms with Gasteiger partial charge < -0.3 is 4.74 Å².